The SMILES string of the molecule is c1ccc(C2(c3ccccc3)c3cc(-c4cccc5c4Sc4cccc6cccc-5c46)ccc3-c3cc4ccccc4cc32)cc1. The molecule has 1 aliphatic carbocycles. The van der Waals surface area contributed by atoms with Crippen molar-refractivity contribution in [3.05, 3.63) is 192 Å². The fourth-order valence-electron chi connectivity index (χ4n) is 8.15. The quantitative estimate of drug-likeness (QED) is 0.194. The molecule has 0 atom stereocenters. The van der Waals surface area contributed by atoms with Crippen molar-refractivity contribution < 1.29 is 0 Å². The Kier molecular flexibility index (Phi) is 5.53. The number of rotatable bonds is 3. The molecule has 46 heavy (non-hydrogen) atoms. The average Bonchev–Trinajstić information content (AvgIpc) is 3.40. The molecule has 0 spiro atoms. The van der Waals surface area contributed by atoms with Crippen LogP contribution < -0.4 is 0 Å². The van der Waals surface area contributed by atoms with Crippen LogP contribution in [-0.4, -0.2) is 0 Å². The Morgan fingerprint density at radius 3 is 1.72 bits per heavy atom. The van der Waals surface area contributed by atoms with Gasteiger partial charge in [0.2, 0.25) is 0 Å². The van der Waals surface area contributed by atoms with E-state index in [4.69, 9.17) is 0 Å². The zero-order chi connectivity index (χ0) is 30.2. The summed E-state index contributed by atoms with van der Waals surface area (Å²) in [7, 11) is 0. The van der Waals surface area contributed by atoms with Gasteiger partial charge < -0.3 is 0 Å². The molecular weight excluding hydrogens is 573 g/mol. The van der Waals surface area contributed by atoms with Crippen molar-refractivity contribution >= 4 is 33.3 Å². The number of hydrogen-bond donors (Lipinski definition) is 0. The standard InChI is InChI=1S/C45H28S/c1-3-16-33(17-4-1)45(34-18-5-2-6-19-34)40-28-32(24-25-36(40)39-26-30-12-7-8-13-31(30)27-41(39)45)35-20-11-22-38-37-21-9-14-29-15-10-23-42(43(29)37)46-44(35)38/h1-28H. The van der Waals surface area contributed by atoms with E-state index in [1.54, 1.807) is 0 Å². The Morgan fingerprint density at radius 1 is 0.370 bits per heavy atom. The fourth-order valence-corrected chi connectivity index (χ4v) is 9.43. The van der Waals surface area contributed by atoms with Gasteiger partial charge in [-0.2, -0.15) is 0 Å². The van der Waals surface area contributed by atoms with Gasteiger partial charge >= 0.3 is 0 Å². The first kappa shape index (κ1) is 25.9. The smallest absolute Gasteiger partial charge is 0.0714 e. The van der Waals surface area contributed by atoms with E-state index in [1.807, 2.05) is 11.8 Å². The van der Waals surface area contributed by atoms with Crippen LogP contribution in [0.1, 0.15) is 22.3 Å². The first-order valence-corrected chi connectivity index (χ1v) is 16.7. The third kappa shape index (κ3) is 3.52. The second kappa shape index (κ2) is 9.81. The highest BCUT2D eigenvalue weighted by molar-refractivity contribution is 8.00. The maximum atomic E-state index is 2.50. The molecule has 0 fully saturated rings. The molecule has 0 aromatic heterocycles. The van der Waals surface area contributed by atoms with Gasteiger partial charge in [0.15, 0.2) is 0 Å². The summed E-state index contributed by atoms with van der Waals surface area (Å²) in [5, 5.41) is 5.21. The van der Waals surface area contributed by atoms with Crippen molar-refractivity contribution in [2.45, 2.75) is 15.2 Å². The van der Waals surface area contributed by atoms with Crippen LogP contribution in [0.25, 0.3) is 54.9 Å². The minimum atomic E-state index is -0.451. The highest BCUT2D eigenvalue weighted by Gasteiger charge is 2.46. The van der Waals surface area contributed by atoms with Gasteiger partial charge in [0.05, 0.1) is 5.41 Å². The van der Waals surface area contributed by atoms with E-state index in [-0.39, 0.29) is 0 Å². The fraction of sp³-hybridized carbons (Fsp3) is 0.0222. The summed E-state index contributed by atoms with van der Waals surface area (Å²) in [6.07, 6.45) is 0. The molecule has 1 heterocycles. The first-order chi connectivity index (χ1) is 22.8. The van der Waals surface area contributed by atoms with E-state index < -0.39 is 5.41 Å². The van der Waals surface area contributed by atoms with Crippen molar-refractivity contribution in [2.24, 2.45) is 0 Å². The molecule has 10 rings (SSSR count). The Morgan fingerprint density at radius 2 is 0.957 bits per heavy atom. The lowest BCUT2D eigenvalue weighted by molar-refractivity contribution is 0.770. The second-order valence-electron chi connectivity index (χ2n) is 12.4. The van der Waals surface area contributed by atoms with Gasteiger partial charge in [0.1, 0.15) is 0 Å². The Bertz CT molecular complexity index is 2450. The van der Waals surface area contributed by atoms with Crippen LogP contribution in [0.15, 0.2) is 180 Å². The predicted octanol–water partition coefficient (Wildman–Crippen LogP) is 12.2. The lowest BCUT2D eigenvalue weighted by Crippen LogP contribution is -2.28. The maximum absolute atomic E-state index is 2.50. The van der Waals surface area contributed by atoms with E-state index >= 15 is 0 Å². The van der Waals surface area contributed by atoms with E-state index in [0.29, 0.717) is 0 Å². The molecule has 214 valence electrons. The van der Waals surface area contributed by atoms with E-state index in [9.17, 15) is 0 Å². The van der Waals surface area contributed by atoms with Crippen LogP contribution in [0.4, 0.5) is 0 Å². The molecular formula is C45H28S. The lowest BCUT2D eigenvalue weighted by Gasteiger charge is -2.34. The molecule has 0 amide bonds. The summed E-state index contributed by atoms with van der Waals surface area (Å²) in [6.45, 7) is 0. The molecule has 0 saturated carbocycles. The van der Waals surface area contributed by atoms with Gasteiger partial charge in [0.25, 0.3) is 0 Å². The van der Waals surface area contributed by atoms with Crippen LogP contribution in [0, 0.1) is 0 Å². The highest BCUT2D eigenvalue weighted by atomic mass is 32.2. The third-order valence-corrected chi connectivity index (χ3v) is 11.3. The van der Waals surface area contributed by atoms with Gasteiger partial charge in [-0.05, 0) is 96.1 Å². The number of fused-ring (bicyclic) bond motifs is 6. The summed E-state index contributed by atoms with van der Waals surface area (Å²) >= 11 is 1.91. The number of hydrogen-bond acceptors (Lipinski definition) is 1. The highest BCUT2D eigenvalue weighted by Crippen LogP contribution is 2.58. The molecule has 1 heteroatoms. The van der Waals surface area contributed by atoms with Gasteiger partial charge in [-0.15, -0.1) is 0 Å². The molecule has 0 saturated heterocycles. The van der Waals surface area contributed by atoms with Crippen molar-refractivity contribution in [1.29, 1.82) is 0 Å². The van der Waals surface area contributed by atoms with E-state index in [2.05, 4.69) is 170 Å². The van der Waals surface area contributed by atoms with Gasteiger partial charge in [-0.1, -0.05) is 157 Å². The molecule has 2 aliphatic rings. The maximum Gasteiger partial charge on any atom is 0.0714 e. The zero-order valence-corrected chi connectivity index (χ0v) is 25.9. The van der Waals surface area contributed by atoms with Crippen LogP contribution in [0.2, 0.25) is 0 Å². The minimum absolute atomic E-state index is 0.451. The van der Waals surface area contributed by atoms with Gasteiger partial charge in [-0.25, -0.2) is 0 Å². The first-order valence-electron chi connectivity index (χ1n) is 15.9. The second-order valence-corrected chi connectivity index (χ2v) is 13.5. The lowest BCUT2D eigenvalue weighted by atomic mass is 9.67. The van der Waals surface area contributed by atoms with Gasteiger partial charge in [0, 0.05) is 15.2 Å². The number of benzene rings is 8. The Hall–Kier alpha value is -5.37. The van der Waals surface area contributed by atoms with E-state index in [0.717, 1.165) is 0 Å². The monoisotopic (exact) mass is 600 g/mol. The van der Waals surface area contributed by atoms with Crippen molar-refractivity contribution in [2.75, 3.05) is 0 Å². The average molecular weight is 601 g/mol. The molecule has 8 aromatic rings. The minimum Gasteiger partial charge on any atom is -0.0881 e. The largest absolute Gasteiger partial charge is 0.0881 e. The molecule has 0 radical (unpaired) electrons. The molecule has 0 N–H and O–H groups in total. The van der Waals surface area contributed by atoms with Crippen LogP contribution in [0.3, 0.4) is 0 Å². The van der Waals surface area contributed by atoms with Gasteiger partial charge in [-0.3, -0.25) is 0 Å². The summed E-state index contributed by atoms with van der Waals surface area (Å²) < 4.78 is 0. The summed E-state index contributed by atoms with van der Waals surface area (Å²) in [5.41, 5.74) is 12.6. The van der Waals surface area contributed by atoms with Crippen molar-refractivity contribution in [3.8, 4) is 33.4 Å². The van der Waals surface area contributed by atoms with Crippen molar-refractivity contribution in [3.63, 3.8) is 0 Å². The van der Waals surface area contributed by atoms with Crippen LogP contribution in [0.5, 0.6) is 0 Å². The summed E-state index contributed by atoms with van der Waals surface area (Å²) in [5.74, 6) is 0. The van der Waals surface area contributed by atoms with E-state index in [1.165, 1.54) is 87.0 Å². The van der Waals surface area contributed by atoms with Crippen LogP contribution in [-0.2, 0) is 5.41 Å². The van der Waals surface area contributed by atoms with Crippen LogP contribution >= 0.6 is 11.8 Å². The normalized spacial score (nSPS) is 13.7. The molecule has 8 aromatic carbocycles. The topological polar surface area (TPSA) is 0 Å². The molecule has 0 nitrogen and oxygen atoms in total. The van der Waals surface area contributed by atoms with Crippen molar-refractivity contribution in [1.82, 2.24) is 0 Å². The Balaban J connectivity index is 1.28. The zero-order valence-electron chi connectivity index (χ0n) is 25.1. The Labute approximate surface area is 273 Å². The molecule has 0 bridgehead atoms. The summed E-state index contributed by atoms with van der Waals surface area (Å²) in [6, 6.07) is 63.3. The summed E-state index contributed by atoms with van der Waals surface area (Å²) in [4.78, 5) is 2.66. The third-order valence-electron chi connectivity index (χ3n) is 10.1. The predicted molar refractivity (Wildman–Crippen MR) is 194 cm³/mol. The molecule has 1 aliphatic heterocycles. The molecule has 0 unspecified atom stereocenters.